The average molecular weight is 180 g/mol. The third kappa shape index (κ3) is 1.54. The molecule has 1 heterocycles. The van der Waals surface area contributed by atoms with E-state index in [1.807, 2.05) is 6.20 Å². The van der Waals surface area contributed by atoms with Gasteiger partial charge in [-0.15, -0.1) is 0 Å². The lowest BCUT2D eigenvalue weighted by molar-refractivity contribution is 0.231. The van der Waals surface area contributed by atoms with Crippen LogP contribution in [0.2, 0.25) is 0 Å². The summed E-state index contributed by atoms with van der Waals surface area (Å²) in [6.07, 6.45) is 10.2. The van der Waals surface area contributed by atoms with Crippen LogP contribution in [0.1, 0.15) is 32.1 Å². The Bertz CT molecular complexity index is 240. The fourth-order valence-corrected chi connectivity index (χ4v) is 2.13. The highest BCUT2D eigenvalue weighted by molar-refractivity contribution is 5.75. The van der Waals surface area contributed by atoms with E-state index in [0.29, 0.717) is 0 Å². The molecule has 2 rings (SSSR count). The molecule has 2 aliphatic rings. The molecule has 1 fully saturated rings. The molecule has 0 amide bonds. The lowest BCUT2D eigenvalue weighted by atomic mass is 9.83. The standard InChI is InChI=1S/C9H16N4/c10-8(11)13-7-6-9(12-13)4-2-1-3-5-9/h6-7,12H,1-5H2,(H3,10,11). The molecule has 0 unspecified atom stereocenters. The first-order chi connectivity index (χ1) is 6.22. The number of rotatable bonds is 0. The van der Waals surface area contributed by atoms with Gasteiger partial charge < -0.3 is 5.73 Å². The molecular formula is C9H16N4. The molecule has 1 aliphatic heterocycles. The predicted octanol–water partition coefficient (Wildman–Crippen LogP) is 0.917. The van der Waals surface area contributed by atoms with Gasteiger partial charge in [0.2, 0.25) is 5.96 Å². The maximum Gasteiger partial charge on any atom is 0.207 e. The molecule has 72 valence electrons. The van der Waals surface area contributed by atoms with E-state index in [4.69, 9.17) is 11.1 Å². The van der Waals surface area contributed by atoms with Crippen molar-refractivity contribution in [3.63, 3.8) is 0 Å². The van der Waals surface area contributed by atoms with Crippen molar-refractivity contribution in [3.8, 4) is 0 Å². The van der Waals surface area contributed by atoms with E-state index < -0.39 is 0 Å². The molecule has 1 spiro atoms. The van der Waals surface area contributed by atoms with Crippen LogP contribution >= 0.6 is 0 Å². The van der Waals surface area contributed by atoms with Gasteiger partial charge in [-0.1, -0.05) is 19.3 Å². The fraction of sp³-hybridized carbons (Fsp3) is 0.667. The molecular weight excluding hydrogens is 164 g/mol. The zero-order valence-electron chi connectivity index (χ0n) is 7.71. The summed E-state index contributed by atoms with van der Waals surface area (Å²) in [4.78, 5) is 0. The van der Waals surface area contributed by atoms with Crippen molar-refractivity contribution >= 4 is 5.96 Å². The van der Waals surface area contributed by atoms with Crippen LogP contribution in [0, 0.1) is 5.41 Å². The Balaban J connectivity index is 2.04. The Kier molecular flexibility index (Phi) is 2.00. The van der Waals surface area contributed by atoms with Crippen molar-refractivity contribution in [1.29, 1.82) is 5.41 Å². The molecule has 4 heteroatoms. The Morgan fingerprint density at radius 1 is 1.38 bits per heavy atom. The van der Waals surface area contributed by atoms with E-state index in [9.17, 15) is 0 Å². The van der Waals surface area contributed by atoms with Crippen molar-refractivity contribution in [1.82, 2.24) is 10.4 Å². The molecule has 0 aromatic rings. The Morgan fingerprint density at radius 3 is 2.62 bits per heavy atom. The van der Waals surface area contributed by atoms with E-state index in [1.165, 1.54) is 19.3 Å². The Hall–Kier alpha value is -1.03. The first kappa shape index (κ1) is 8.56. The number of hydrogen-bond acceptors (Lipinski definition) is 2. The van der Waals surface area contributed by atoms with E-state index >= 15 is 0 Å². The average Bonchev–Trinajstić information content (AvgIpc) is 2.51. The van der Waals surface area contributed by atoms with Crippen LogP contribution in [-0.2, 0) is 0 Å². The van der Waals surface area contributed by atoms with E-state index in [1.54, 1.807) is 5.01 Å². The van der Waals surface area contributed by atoms with Crippen LogP contribution in [0.3, 0.4) is 0 Å². The minimum absolute atomic E-state index is 0.0682. The molecule has 4 nitrogen and oxygen atoms in total. The quantitative estimate of drug-likeness (QED) is 0.383. The second kappa shape index (κ2) is 3.03. The van der Waals surface area contributed by atoms with E-state index in [0.717, 1.165) is 12.8 Å². The van der Waals surface area contributed by atoms with Gasteiger partial charge >= 0.3 is 0 Å². The van der Waals surface area contributed by atoms with Gasteiger partial charge in [0.25, 0.3) is 0 Å². The van der Waals surface area contributed by atoms with Gasteiger partial charge in [-0.25, -0.2) is 5.43 Å². The number of nitrogens with zero attached hydrogens (tertiary/aromatic N) is 1. The summed E-state index contributed by atoms with van der Waals surface area (Å²) in [5.41, 5.74) is 8.76. The number of hydrogen-bond donors (Lipinski definition) is 3. The SMILES string of the molecule is N=C(N)N1C=CC2(CCCCC2)N1. The Labute approximate surface area is 78.3 Å². The zero-order valence-corrected chi connectivity index (χ0v) is 7.71. The molecule has 0 bridgehead atoms. The van der Waals surface area contributed by atoms with Gasteiger partial charge in [0.05, 0.1) is 5.54 Å². The number of hydrazine groups is 1. The fourth-order valence-electron chi connectivity index (χ4n) is 2.13. The summed E-state index contributed by atoms with van der Waals surface area (Å²) in [6.45, 7) is 0. The van der Waals surface area contributed by atoms with Crippen molar-refractivity contribution in [3.05, 3.63) is 12.3 Å². The molecule has 0 atom stereocenters. The first-order valence-corrected chi connectivity index (χ1v) is 4.82. The summed E-state index contributed by atoms with van der Waals surface area (Å²) < 4.78 is 0. The molecule has 4 N–H and O–H groups in total. The largest absolute Gasteiger partial charge is 0.369 e. The van der Waals surface area contributed by atoms with Gasteiger partial charge in [-0.2, -0.15) is 0 Å². The van der Waals surface area contributed by atoms with Crippen molar-refractivity contribution in [2.45, 2.75) is 37.6 Å². The van der Waals surface area contributed by atoms with Crippen molar-refractivity contribution in [2.24, 2.45) is 5.73 Å². The van der Waals surface area contributed by atoms with Gasteiger partial charge in [0.15, 0.2) is 0 Å². The summed E-state index contributed by atoms with van der Waals surface area (Å²) in [7, 11) is 0. The van der Waals surface area contributed by atoms with Crippen LogP contribution in [0.5, 0.6) is 0 Å². The number of nitrogens with one attached hydrogen (secondary N) is 2. The van der Waals surface area contributed by atoms with E-state index in [2.05, 4.69) is 11.5 Å². The van der Waals surface area contributed by atoms with Crippen molar-refractivity contribution in [2.75, 3.05) is 0 Å². The highest BCUT2D eigenvalue weighted by Crippen LogP contribution is 2.32. The molecule has 0 saturated heterocycles. The maximum absolute atomic E-state index is 7.28. The van der Waals surface area contributed by atoms with Crippen LogP contribution in [0.25, 0.3) is 0 Å². The van der Waals surface area contributed by atoms with Crippen LogP contribution in [-0.4, -0.2) is 16.5 Å². The molecule has 13 heavy (non-hydrogen) atoms. The van der Waals surface area contributed by atoms with Gasteiger partial charge in [-0.05, 0) is 18.9 Å². The third-order valence-corrected chi connectivity index (χ3v) is 2.89. The maximum atomic E-state index is 7.28. The molecule has 1 aliphatic carbocycles. The number of guanidine groups is 1. The highest BCUT2D eigenvalue weighted by Gasteiger charge is 2.34. The van der Waals surface area contributed by atoms with E-state index in [-0.39, 0.29) is 11.5 Å². The van der Waals surface area contributed by atoms with Gasteiger partial charge in [0.1, 0.15) is 0 Å². The summed E-state index contributed by atoms with van der Waals surface area (Å²) in [5.74, 6) is 0.0682. The van der Waals surface area contributed by atoms with Crippen LogP contribution < -0.4 is 11.2 Å². The highest BCUT2D eigenvalue weighted by atomic mass is 15.6. The lowest BCUT2D eigenvalue weighted by Crippen LogP contribution is -2.51. The molecule has 1 saturated carbocycles. The number of nitrogens with two attached hydrogens (primary N) is 1. The monoisotopic (exact) mass is 180 g/mol. The Morgan fingerprint density at radius 2 is 2.08 bits per heavy atom. The van der Waals surface area contributed by atoms with Gasteiger partial charge in [-0.3, -0.25) is 10.4 Å². The smallest absolute Gasteiger partial charge is 0.207 e. The first-order valence-electron chi connectivity index (χ1n) is 4.82. The predicted molar refractivity (Wildman–Crippen MR) is 51.8 cm³/mol. The normalized spacial score (nSPS) is 25.4. The molecule has 0 radical (unpaired) electrons. The molecule has 0 aromatic heterocycles. The van der Waals surface area contributed by atoms with Gasteiger partial charge in [0, 0.05) is 6.20 Å². The second-order valence-electron chi connectivity index (χ2n) is 3.90. The minimum atomic E-state index is 0.0682. The van der Waals surface area contributed by atoms with Crippen LogP contribution in [0.15, 0.2) is 12.3 Å². The zero-order chi connectivity index (χ0) is 9.31. The summed E-state index contributed by atoms with van der Waals surface area (Å²) in [6, 6.07) is 0. The summed E-state index contributed by atoms with van der Waals surface area (Å²) in [5, 5.41) is 8.89. The minimum Gasteiger partial charge on any atom is -0.369 e. The molecule has 0 aromatic carbocycles. The second-order valence-corrected chi connectivity index (χ2v) is 3.90. The van der Waals surface area contributed by atoms with Crippen molar-refractivity contribution < 1.29 is 0 Å². The third-order valence-electron chi connectivity index (χ3n) is 2.89. The van der Waals surface area contributed by atoms with Crippen LogP contribution in [0.4, 0.5) is 0 Å². The lowest BCUT2D eigenvalue weighted by Gasteiger charge is -2.33. The topological polar surface area (TPSA) is 65.1 Å². The summed E-state index contributed by atoms with van der Waals surface area (Å²) >= 11 is 0.